The second-order valence-electron chi connectivity index (χ2n) is 4.87. The fraction of sp³-hybridized carbons (Fsp3) is 0.250. The summed E-state index contributed by atoms with van der Waals surface area (Å²) >= 11 is 0. The van der Waals surface area contributed by atoms with E-state index < -0.39 is 0 Å². The standard InChI is InChI=1S/C16H16N2O/c19-16(13-8-9-13)18-11-14-7-4-10-17-15(14)12-5-2-1-3-6-12/h1-7,10,13H,8-9,11H2,(H,18,19). The molecule has 1 aromatic carbocycles. The highest BCUT2D eigenvalue weighted by molar-refractivity contribution is 5.81. The van der Waals surface area contributed by atoms with Crippen LogP contribution in [-0.4, -0.2) is 10.9 Å². The van der Waals surface area contributed by atoms with E-state index in [2.05, 4.69) is 10.3 Å². The number of pyridine rings is 1. The molecule has 0 spiro atoms. The maximum atomic E-state index is 11.7. The second-order valence-corrected chi connectivity index (χ2v) is 4.87. The Kier molecular flexibility index (Phi) is 3.27. The molecule has 0 saturated heterocycles. The first kappa shape index (κ1) is 11.9. The molecule has 0 unspecified atom stereocenters. The van der Waals surface area contributed by atoms with Gasteiger partial charge >= 0.3 is 0 Å². The zero-order chi connectivity index (χ0) is 13.1. The molecule has 3 rings (SSSR count). The van der Waals surface area contributed by atoms with Crippen LogP contribution in [-0.2, 0) is 11.3 Å². The maximum absolute atomic E-state index is 11.7. The van der Waals surface area contributed by atoms with Gasteiger partial charge in [-0.25, -0.2) is 0 Å². The van der Waals surface area contributed by atoms with Crippen LogP contribution in [0, 0.1) is 5.92 Å². The van der Waals surface area contributed by atoms with E-state index >= 15 is 0 Å². The van der Waals surface area contributed by atoms with Crippen LogP contribution in [0.3, 0.4) is 0 Å². The number of aromatic nitrogens is 1. The SMILES string of the molecule is O=C(NCc1cccnc1-c1ccccc1)C1CC1. The molecule has 2 aromatic rings. The Morgan fingerprint density at radius 3 is 2.68 bits per heavy atom. The van der Waals surface area contributed by atoms with E-state index in [-0.39, 0.29) is 11.8 Å². The Hall–Kier alpha value is -2.16. The number of carbonyl (C=O) groups excluding carboxylic acids is 1. The van der Waals surface area contributed by atoms with E-state index in [0.29, 0.717) is 6.54 Å². The van der Waals surface area contributed by atoms with Gasteiger partial charge in [0.2, 0.25) is 5.91 Å². The summed E-state index contributed by atoms with van der Waals surface area (Å²) < 4.78 is 0. The van der Waals surface area contributed by atoms with Crippen molar-refractivity contribution in [2.45, 2.75) is 19.4 Å². The van der Waals surface area contributed by atoms with Gasteiger partial charge in [0.15, 0.2) is 0 Å². The summed E-state index contributed by atoms with van der Waals surface area (Å²) in [6.07, 6.45) is 3.85. The first-order chi connectivity index (χ1) is 9.34. The number of hydrogen-bond donors (Lipinski definition) is 1. The summed E-state index contributed by atoms with van der Waals surface area (Å²) in [7, 11) is 0. The normalized spacial score (nSPS) is 14.1. The molecule has 0 aliphatic heterocycles. The van der Waals surface area contributed by atoms with Crippen molar-refractivity contribution >= 4 is 5.91 Å². The predicted molar refractivity (Wildman–Crippen MR) is 74.2 cm³/mol. The fourth-order valence-corrected chi connectivity index (χ4v) is 2.11. The van der Waals surface area contributed by atoms with Crippen molar-refractivity contribution in [2.24, 2.45) is 5.92 Å². The van der Waals surface area contributed by atoms with Crippen molar-refractivity contribution < 1.29 is 4.79 Å². The van der Waals surface area contributed by atoms with Crippen molar-refractivity contribution in [2.75, 3.05) is 0 Å². The van der Waals surface area contributed by atoms with Gasteiger partial charge < -0.3 is 5.32 Å². The lowest BCUT2D eigenvalue weighted by Crippen LogP contribution is -2.24. The lowest BCUT2D eigenvalue weighted by atomic mass is 10.1. The highest BCUT2D eigenvalue weighted by atomic mass is 16.2. The smallest absolute Gasteiger partial charge is 0.223 e. The van der Waals surface area contributed by atoms with Gasteiger partial charge in [0.1, 0.15) is 0 Å². The molecular formula is C16H16N2O. The van der Waals surface area contributed by atoms with E-state index in [0.717, 1.165) is 29.7 Å². The largest absolute Gasteiger partial charge is 0.352 e. The molecule has 1 aliphatic carbocycles. The summed E-state index contributed by atoms with van der Waals surface area (Å²) in [5, 5.41) is 2.99. The summed E-state index contributed by atoms with van der Waals surface area (Å²) in [4.78, 5) is 16.1. The molecule has 3 heteroatoms. The summed E-state index contributed by atoms with van der Waals surface area (Å²) in [6, 6.07) is 14.0. The second kappa shape index (κ2) is 5.22. The van der Waals surface area contributed by atoms with Gasteiger partial charge in [-0.1, -0.05) is 36.4 Å². The Morgan fingerprint density at radius 1 is 1.16 bits per heavy atom. The average molecular weight is 252 g/mol. The highest BCUT2D eigenvalue weighted by Crippen LogP contribution is 2.29. The first-order valence-electron chi connectivity index (χ1n) is 6.61. The number of carbonyl (C=O) groups is 1. The number of nitrogens with one attached hydrogen (secondary N) is 1. The average Bonchev–Trinajstić information content (AvgIpc) is 3.31. The quantitative estimate of drug-likeness (QED) is 0.909. The topological polar surface area (TPSA) is 42.0 Å². The van der Waals surface area contributed by atoms with Crippen LogP contribution >= 0.6 is 0 Å². The van der Waals surface area contributed by atoms with Crippen LogP contribution in [0.15, 0.2) is 48.7 Å². The van der Waals surface area contributed by atoms with Crippen molar-refractivity contribution in [3.05, 3.63) is 54.2 Å². The Labute approximate surface area is 112 Å². The number of benzene rings is 1. The molecule has 96 valence electrons. The molecular weight excluding hydrogens is 236 g/mol. The maximum Gasteiger partial charge on any atom is 0.223 e. The van der Waals surface area contributed by atoms with E-state index in [1.54, 1.807) is 6.20 Å². The highest BCUT2D eigenvalue weighted by Gasteiger charge is 2.29. The van der Waals surface area contributed by atoms with Crippen molar-refractivity contribution in [3.8, 4) is 11.3 Å². The monoisotopic (exact) mass is 252 g/mol. The molecule has 1 saturated carbocycles. The van der Waals surface area contributed by atoms with Crippen LogP contribution in [0.1, 0.15) is 18.4 Å². The van der Waals surface area contributed by atoms with Gasteiger partial charge in [-0.2, -0.15) is 0 Å². The molecule has 0 atom stereocenters. The fourth-order valence-electron chi connectivity index (χ4n) is 2.11. The third kappa shape index (κ3) is 2.81. The Balaban J connectivity index is 1.79. The summed E-state index contributed by atoms with van der Waals surface area (Å²) in [5.41, 5.74) is 3.08. The Bertz CT molecular complexity index is 576. The van der Waals surface area contributed by atoms with Crippen molar-refractivity contribution in [1.29, 1.82) is 0 Å². The third-order valence-electron chi connectivity index (χ3n) is 3.34. The van der Waals surface area contributed by atoms with E-state index in [4.69, 9.17) is 0 Å². The van der Waals surface area contributed by atoms with Gasteiger partial charge in [0, 0.05) is 24.2 Å². The van der Waals surface area contributed by atoms with Crippen LogP contribution in [0.5, 0.6) is 0 Å². The predicted octanol–water partition coefficient (Wildman–Crippen LogP) is 2.77. The lowest BCUT2D eigenvalue weighted by Gasteiger charge is -2.09. The van der Waals surface area contributed by atoms with Crippen LogP contribution in [0.25, 0.3) is 11.3 Å². The number of hydrogen-bond acceptors (Lipinski definition) is 2. The minimum absolute atomic E-state index is 0.169. The molecule has 1 aliphatic rings. The summed E-state index contributed by atoms with van der Waals surface area (Å²) in [5.74, 6) is 0.416. The molecule has 3 nitrogen and oxygen atoms in total. The lowest BCUT2D eigenvalue weighted by molar-refractivity contribution is -0.122. The Morgan fingerprint density at radius 2 is 1.95 bits per heavy atom. The molecule has 0 radical (unpaired) electrons. The van der Waals surface area contributed by atoms with Gasteiger partial charge in [-0.15, -0.1) is 0 Å². The van der Waals surface area contributed by atoms with E-state index in [1.165, 1.54) is 0 Å². The van der Waals surface area contributed by atoms with E-state index in [9.17, 15) is 4.79 Å². The van der Waals surface area contributed by atoms with Crippen LogP contribution in [0.4, 0.5) is 0 Å². The number of amides is 1. The zero-order valence-electron chi connectivity index (χ0n) is 10.7. The van der Waals surface area contributed by atoms with Crippen LogP contribution in [0.2, 0.25) is 0 Å². The molecule has 1 heterocycles. The van der Waals surface area contributed by atoms with E-state index in [1.807, 2.05) is 42.5 Å². The molecule has 19 heavy (non-hydrogen) atoms. The third-order valence-corrected chi connectivity index (χ3v) is 3.34. The molecule has 1 N–H and O–H groups in total. The molecule has 1 aromatic heterocycles. The number of rotatable bonds is 4. The van der Waals surface area contributed by atoms with Gasteiger partial charge in [0.05, 0.1) is 5.69 Å². The first-order valence-corrected chi connectivity index (χ1v) is 6.61. The van der Waals surface area contributed by atoms with Gasteiger partial charge in [-0.05, 0) is 24.5 Å². The molecule has 0 bridgehead atoms. The number of nitrogens with zero attached hydrogens (tertiary/aromatic N) is 1. The van der Waals surface area contributed by atoms with Gasteiger partial charge in [-0.3, -0.25) is 9.78 Å². The summed E-state index contributed by atoms with van der Waals surface area (Å²) in [6.45, 7) is 0.549. The van der Waals surface area contributed by atoms with Crippen LogP contribution < -0.4 is 5.32 Å². The molecule has 1 amide bonds. The van der Waals surface area contributed by atoms with Crippen molar-refractivity contribution in [1.82, 2.24) is 10.3 Å². The minimum Gasteiger partial charge on any atom is -0.352 e. The minimum atomic E-state index is 0.169. The van der Waals surface area contributed by atoms with Gasteiger partial charge in [0.25, 0.3) is 0 Å². The zero-order valence-corrected chi connectivity index (χ0v) is 10.7. The van der Waals surface area contributed by atoms with Crippen molar-refractivity contribution in [3.63, 3.8) is 0 Å². The molecule has 1 fully saturated rings.